The maximum Gasteiger partial charge on any atom is 0.319 e. The zero-order valence-corrected chi connectivity index (χ0v) is 11.0. The Kier molecular flexibility index (Phi) is 4.22. The fraction of sp³-hybridized carbons (Fsp3) is 0.727. The van der Waals surface area contributed by atoms with Gasteiger partial charge in [0.05, 0.1) is 20.2 Å². The quantitative estimate of drug-likeness (QED) is 0.732. The maximum absolute atomic E-state index is 11.0. The van der Waals surface area contributed by atoms with Gasteiger partial charge in [-0.05, 0) is 7.05 Å². The van der Waals surface area contributed by atoms with Crippen LogP contribution < -0.4 is 0 Å². The number of carbonyl (C=O) groups excluding carboxylic acids is 1. The molecule has 0 aliphatic rings. The maximum atomic E-state index is 11.0. The Hall–Kier alpha value is -1.43. The minimum atomic E-state index is -0.289. The molecule has 0 N–H and O–H groups in total. The van der Waals surface area contributed by atoms with Crippen LogP contribution in [0.3, 0.4) is 0 Å². The fourth-order valence-corrected chi connectivity index (χ4v) is 1.20. The topological polar surface area (TPSA) is 68.5 Å². The lowest BCUT2D eigenvalue weighted by Gasteiger charge is -2.12. The summed E-state index contributed by atoms with van der Waals surface area (Å²) >= 11 is 0. The van der Waals surface area contributed by atoms with Crippen molar-refractivity contribution in [2.24, 2.45) is 0 Å². The van der Waals surface area contributed by atoms with E-state index in [1.54, 1.807) is 11.9 Å². The minimum absolute atomic E-state index is 0.136. The van der Waals surface area contributed by atoms with Gasteiger partial charge in [0.15, 0.2) is 5.82 Å². The first-order chi connectivity index (χ1) is 7.82. The summed E-state index contributed by atoms with van der Waals surface area (Å²) in [6.45, 7) is 6.67. The second-order valence-corrected chi connectivity index (χ2v) is 5.01. The standard InChI is InChI=1S/C11H19N3O3/c1-11(2,3)10-12-8(17-13-10)6-14(4)7-9(15)16-5/h6-7H2,1-5H3. The molecule has 1 aromatic rings. The summed E-state index contributed by atoms with van der Waals surface area (Å²) in [6.07, 6.45) is 0. The van der Waals surface area contributed by atoms with Crippen LogP contribution in [0.5, 0.6) is 0 Å². The largest absolute Gasteiger partial charge is 0.468 e. The van der Waals surface area contributed by atoms with E-state index in [4.69, 9.17) is 4.52 Å². The number of esters is 1. The first kappa shape index (κ1) is 13.6. The SMILES string of the molecule is COC(=O)CN(C)Cc1nc(C(C)(C)C)no1. The fourth-order valence-electron chi connectivity index (χ4n) is 1.20. The van der Waals surface area contributed by atoms with Crippen molar-refractivity contribution in [1.29, 1.82) is 0 Å². The van der Waals surface area contributed by atoms with Crippen LogP contribution in [0, 0.1) is 0 Å². The Morgan fingerprint density at radius 2 is 2.12 bits per heavy atom. The molecule has 0 unspecified atom stereocenters. The van der Waals surface area contributed by atoms with Crippen molar-refractivity contribution in [3.63, 3.8) is 0 Å². The average Bonchev–Trinajstić information content (AvgIpc) is 2.65. The normalized spacial score (nSPS) is 11.9. The van der Waals surface area contributed by atoms with E-state index < -0.39 is 0 Å². The van der Waals surface area contributed by atoms with Crippen LogP contribution in [0.4, 0.5) is 0 Å². The molecule has 0 aliphatic heterocycles. The molecule has 0 fully saturated rings. The summed E-state index contributed by atoms with van der Waals surface area (Å²) in [7, 11) is 3.15. The smallest absolute Gasteiger partial charge is 0.319 e. The Labute approximate surface area is 101 Å². The van der Waals surface area contributed by atoms with E-state index in [2.05, 4.69) is 14.9 Å². The van der Waals surface area contributed by atoms with Crippen LogP contribution in [-0.4, -0.2) is 41.7 Å². The van der Waals surface area contributed by atoms with Gasteiger partial charge in [-0.1, -0.05) is 25.9 Å². The number of methoxy groups -OCH3 is 1. The molecule has 0 saturated heterocycles. The second-order valence-electron chi connectivity index (χ2n) is 5.01. The predicted octanol–water partition coefficient (Wildman–Crippen LogP) is 0.972. The lowest BCUT2D eigenvalue weighted by molar-refractivity contribution is -0.141. The molecule has 96 valence electrons. The first-order valence-corrected chi connectivity index (χ1v) is 5.41. The molecule has 1 heterocycles. The molecular formula is C11H19N3O3. The van der Waals surface area contributed by atoms with E-state index in [1.807, 2.05) is 20.8 Å². The molecule has 6 nitrogen and oxygen atoms in total. The number of aromatic nitrogens is 2. The molecule has 1 aromatic heterocycles. The van der Waals surface area contributed by atoms with E-state index in [0.717, 1.165) is 0 Å². The molecule has 0 radical (unpaired) electrons. The van der Waals surface area contributed by atoms with Crippen LogP contribution in [0.2, 0.25) is 0 Å². The Balaban J connectivity index is 2.58. The molecule has 0 saturated carbocycles. The molecule has 17 heavy (non-hydrogen) atoms. The lowest BCUT2D eigenvalue weighted by atomic mass is 9.96. The number of hydrogen-bond acceptors (Lipinski definition) is 6. The Bertz CT molecular complexity index is 382. The van der Waals surface area contributed by atoms with Crippen LogP contribution in [0.1, 0.15) is 32.5 Å². The number of nitrogens with zero attached hydrogens (tertiary/aromatic N) is 3. The molecule has 0 spiro atoms. The van der Waals surface area contributed by atoms with Crippen LogP contribution >= 0.6 is 0 Å². The summed E-state index contributed by atoms with van der Waals surface area (Å²) in [5, 5.41) is 3.91. The number of rotatable bonds is 4. The molecule has 0 atom stereocenters. The van der Waals surface area contributed by atoms with Gasteiger partial charge in [0.1, 0.15) is 0 Å². The number of hydrogen-bond donors (Lipinski definition) is 0. The van der Waals surface area contributed by atoms with Gasteiger partial charge in [-0.2, -0.15) is 4.98 Å². The minimum Gasteiger partial charge on any atom is -0.468 e. The zero-order valence-electron chi connectivity index (χ0n) is 11.0. The van der Waals surface area contributed by atoms with Crippen molar-refractivity contribution in [3.05, 3.63) is 11.7 Å². The molecular weight excluding hydrogens is 222 g/mol. The second kappa shape index (κ2) is 5.27. The van der Waals surface area contributed by atoms with Crippen molar-refractivity contribution in [3.8, 4) is 0 Å². The number of carbonyl (C=O) groups is 1. The summed E-state index contributed by atoms with van der Waals surface area (Å²) < 4.78 is 9.69. The van der Waals surface area contributed by atoms with Crippen molar-refractivity contribution >= 4 is 5.97 Å². The molecule has 1 rings (SSSR count). The predicted molar refractivity (Wildman–Crippen MR) is 61.3 cm³/mol. The Morgan fingerprint density at radius 3 is 2.59 bits per heavy atom. The number of ether oxygens (including phenoxy) is 1. The molecule has 0 amide bonds. The summed E-state index contributed by atoms with van der Waals surface area (Å²) in [6, 6.07) is 0. The molecule has 6 heteroatoms. The highest BCUT2D eigenvalue weighted by Gasteiger charge is 2.21. The molecule has 0 aliphatic carbocycles. The highest BCUT2D eigenvalue weighted by Crippen LogP contribution is 2.18. The first-order valence-electron chi connectivity index (χ1n) is 5.41. The van der Waals surface area contributed by atoms with Gasteiger partial charge in [-0.3, -0.25) is 9.69 Å². The van der Waals surface area contributed by atoms with Crippen molar-refractivity contribution in [2.45, 2.75) is 32.7 Å². The van der Waals surface area contributed by atoms with Crippen LogP contribution in [-0.2, 0) is 21.5 Å². The van der Waals surface area contributed by atoms with Crippen LogP contribution in [0.25, 0.3) is 0 Å². The van der Waals surface area contributed by atoms with E-state index in [0.29, 0.717) is 18.3 Å². The van der Waals surface area contributed by atoms with Gasteiger partial charge in [0.2, 0.25) is 5.89 Å². The zero-order chi connectivity index (χ0) is 13.1. The van der Waals surface area contributed by atoms with Crippen molar-refractivity contribution in [2.75, 3.05) is 20.7 Å². The van der Waals surface area contributed by atoms with Crippen LogP contribution in [0.15, 0.2) is 4.52 Å². The Morgan fingerprint density at radius 1 is 1.47 bits per heavy atom. The van der Waals surface area contributed by atoms with Crippen molar-refractivity contribution < 1.29 is 14.1 Å². The third-order valence-electron chi connectivity index (χ3n) is 2.17. The molecule has 0 bridgehead atoms. The number of likely N-dealkylation sites (N-methyl/N-ethyl adjacent to an activating group) is 1. The van der Waals surface area contributed by atoms with Gasteiger partial charge < -0.3 is 9.26 Å². The summed E-state index contributed by atoms with van der Waals surface area (Å²) in [5.74, 6) is 0.878. The van der Waals surface area contributed by atoms with E-state index in [1.165, 1.54) is 7.11 Å². The highest BCUT2D eigenvalue weighted by atomic mass is 16.5. The third kappa shape index (κ3) is 4.14. The monoisotopic (exact) mass is 241 g/mol. The van der Waals surface area contributed by atoms with Gasteiger partial charge in [-0.15, -0.1) is 0 Å². The van der Waals surface area contributed by atoms with E-state index in [9.17, 15) is 4.79 Å². The van der Waals surface area contributed by atoms with Gasteiger partial charge >= 0.3 is 5.97 Å². The lowest BCUT2D eigenvalue weighted by Crippen LogP contribution is -2.26. The van der Waals surface area contributed by atoms with Gasteiger partial charge in [0, 0.05) is 5.41 Å². The third-order valence-corrected chi connectivity index (χ3v) is 2.17. The van der Waals surface area contributed by atoms with E-state index in [-0.39, 0.29) is 17.9 Å². The van der Waals surface area contributed by atoms with Crippen molar-refractivity contribution in [1.82, 2.24) is 15.0 Å². The van der Waals surface area contributed by atoms with E-state index >= 15 is 0 Å². The highest BCUT2D eigenvalue weighted by molar-refractivity contribution is 5.71. The molecule has 0 aromatic carbocycles. The average molecular weight is 241 g/mol. The summed E-state index contributed by atoms with van der Waals surface area (Å²) in [5.41, 5.74) is -0.136. The summed E-state index contributed by atoms with van der Waals surface area (Å²) in [4.78, 5) is 17.1. The van der Waals surface area contributed by atoms with Gasteiger partial charge in [-0.25, -0.2) is 0 Å². The van der Waals surface area contributed by atoms with Gasteiger partial charge in [0.25, 0.3) is 0 Å².